The van der Waals surface area contributed by atoms with Crippen molar-refractivity contribution in [1.29, 1.82) is 0 Å². The van der Waals surface area contributed by atoms with Gasteiger partial charge in [0.15, 0.2) is 0 Å². The fraction of sp³-hybridized carbons (Fsp3) is 0.533. The summed E-state index contributed by atoms with van der Waals surface area (Å²) < 4.78 is 2.30. The van der Waals surface area contributed by atoms with Crippen LogP contribution in [-0.2, 0) is 4.79 Å². The number of likely N-dealkylation sites (N-methyl/N-ethyl adjacent to an activating group) is 1. The van der Waals surface area contributed by atoms with Gasteiger partial charge in [0.25, 0.3) is 5.91 Å². The maximum absolute atomic E-state index is 11.3. The molecule has 3 atom stereocenters. The van der Waals surface area contributed by atoms with E-state index in [0.717, 1.165) is 17.4 Å². The summed E-state index contributed by atoms with van der Waals surface area (Å²) in [7, 11) is 1.33. The second kappa shape index (κ2) is 4.85. The van der Waals surface area contributed by atoms with Gasteiger partial charge < -0.3 is 4.57 Å². The minimum absolute atomic E-state index is 0.410. The monoisotopic (exact) mass is 260 g/mol. The van der Waals surface area contributed by atoms with Crippen molar-refractivity contribution < 1.29 is 10.0 Å². The number of carbonyl (C=O) groups excluding carboxylic acids is 1. The fourth-order valence-electron chi connectivity index (χ4n) is 3.59. The van der Waals surface area contributed by atoms with Crippen molar-refractivity contribution in [3.63, 3.8) is 0 Å². The van der Waals surface area contributed by atoms with Gasteiger partial charge in [-0.05, 0) is 48.8 Å². The maximum atomic E-state index is 11.3. The fourth-order valence-corrected chi connectivity index (χ4v) is 3.59. The summed E-state index contributed by atoms with van der Waals surface area (Å²) in [6.07, 6.45) is 12.8. The predicted molar refractivity (Wildman–Crippen MR) is 72.5 cm³/mol. The van der Waals surface area contributed by atoms with E-state index in [4.69, 9.17) is 5.21 Å². The second-order valence-electron chi connectivity index (χ2n) is 5.83. The average molecular weight is 260 g/mol. The number of hydrogen-bond acceptors (Lipinski definition) is 2. The van der Waals surface area contributed by atoms with Gasteiger partial charge in [-0.15, -0.1) is 0 Å². The smallest absolute Gasteiger partial charge is 0.269 e. The van der Waals surface area contributed by atoms with E-state index in [-0.39, 0.29) is 0 Å². The summed E-state index contributed by atoms with van der Waals surface area (Å²) in [6, 6.07) is 2.67. The summed E-state index contributed by atoms with van der Waals surface area (Å²) in [6.45, 7) is 0. The van der Waals surface area contributed by atoms with Crippen molar-refractivity contribution >= 4 is 12.0 Å². The summed E-state index contributed by atoms with van der Waals surface area (Å²) in [4.78, 5) is 11.3. The zero-order chi connectivity index (χ0) is 13.4. The third-order valence-corrected chi connectivity index (χ3v) is 4.56. The number of aromatic nitrogens is 1. The van der Waals surface area contributed by atoms with Gasteiger partial charge in [-0.2, -0.15) is 0 Å². The van der Waals surface area contributed by atoms with Gasteiger partial charge in [0.05, 0.1) is 0 Å². The van der Waals surface area contributed by atoms with E-state index in [1.165, 1.54) is 38.8 Å². The molecule has 1 aromatic heterocycles. The Balaban J connectivity index is 1.68. The number of hydrogen-bond donors (Lipinski definition) is 1. The van der Waals surface area contributed by atoms with Gasteiger partial charge in [0.2, 0.25) is 0 Å². The van der Waals surface area contributed by atoms with E-state index < -0.39 is 5.91 Å². The quantitative estimate of drug-likeness (QED) is 0.516. The lowest BCUT2D eigenvalue weighted by Gasteiger charge is -2.23. The van der Waals surface area contributed by atoms with Gasteiger partial charge >= 0.3 is 0 Å². The van der Waals surface area contributed by atoms with Crippen molar-refractivity contribution in [1.82, 2.24) is 9.63 Å². The molecule has 2 bridgehead atoms. The van der Waals surface area contributed by atoms with Crippen LogP contribution in [0.5, 0.6) is 0 Å². The lowest BCUT2D eigenvalue weighted by Crippen LogP contribution is -2.19. The standard InChI is InChI=1S/C15H20N2O2/c1-16(19)15(18)5-3-11-6-7-17(10-11)14-9-12-2-4-13(14)8-12/h3,5-7,10,12-14,19H,2,4,8-9H2,1H3. The highest BCUT2D eigenvalue weighted by atomic mass is 16.5. The number of carbonyl (C=O) groups is 1. The van der Waals surface area contributed by atoms with Crippen LogP contribution < -0.4 is 0 Å². The molecule has 2 aliphatic rings. The Morgan fingerprint density at radius 2 is 2.32 bits per heavy atom. The van der Waals surface area contributed by atoms with Crippen LogP contribution in [0.25, 0.3) is 6.08 Å². The summed E-state index contributed by atoms with van der Waals surface area (Å²) in [5, 5.41) is 9.56. The first-order chi connectivity index (χ1) is 9.13. The van der Waals surface area contributed by atoms with E-state index in [1.807, 2.05) is 6.07 Å². The van der Waals surface area contributed by atoms with Crippen LogP contribution in [0.3, 0.4) is 0 Å². The maximum Gasteiger partial charge on any atom is 0.269 e. The van der Waals surface area contributed by atoms with Crippen LogP contribution in [0.1, 0.15) is 37.3 Å². The van der Waals surface area contributed by atoms with Crippen molar-refractivity contribution in [3.8, 4) is 0 Å². The van der Waals surface area contributed by atoms with Gasteiger partial charge in [-0.25, -0.2) is 5.06 Å². The van der Waals surface area contributed by atoms with Gasteiger partial charge in [0, 0.05) is 31.6 Å². The minimum atomic E-state index is -0.410. The minimum Gasteiger partial charge on any atom is -0.350 e. The molecule has 0 spiro atoms. The molecule has 1 heterocycles. The molecule has 4 nitrogen and oxygen atoms in total. The number of nitrogens with zero attached hydrogens (tertiary/aromatic N) is 2. The van der Waals surface area contributed by atoms with Crippen LogP contribution in [0.15, 0.2) is 24.5 Å². The predicted octanol–water partition coefficient (Wildman–Crippen LogP) is 2.71. The number of hydroxylamine groups is 2. The lowest BCUT2D eigenvalue weighted by atomic mass is 9.95. The van der Waals surface area contributed by atoms with Crippen LogP contribution in [0.4, 0.5) is 0 Å². The lowest BCUT2D eigenvalue weighted by molar-refractivity contribution is -0.153. The molecule has 1 aromatic rings. The topological polar surface area (TPSA) is 45.5 Å². The average Bonchev–Trinajstić information content (AvgIpc) is 3.10. The largest absolute Gasteiger partial charge is 0.350 e. The molecule has 2 aliphatic carbocycles. The summed E-state index contributed by atoms with van der Waals surface area (Å²) in [5.74, 6) is 1.37. The van der Waals surface area contributed by atoms with Crippen molar-refractivity contribution in [2.24, 2.45) is 11.8 Å². The molecule has 1 amide bonds. The molecule has 3 unspecified atom stereocenters. The molecule has 102 valence electrons. The molecular formula is C15H20N2O2. The Morgan fingerprint density at radius 1 is 1.47 bits per heavy atom. The third-order valence-electron chi connectivity index (χ3n) is 4.56. The van der Waals surface area contributed by atoms with Crippen LogP contribution in [0.2, 0.25) is 0 Å². The highest BCUT2D eigenvalue weighted by Gasteiger charge is 2.40. The molecule has 0 aliphatic heterocycles. The molecule has 0 saturated heterocycles. The van der Waals surface area contributed by atoms with Gasteiger partial charge in [-0.1, -0.05) is 6.42 Å². The number of amides is 1. The van der Waals surface area contributed by atoms with E-state index in [1.54, 1.807) is 6.08 Å². The Labute approximate surface area is 113 Å². The van der Waals surface area contributed by atoms with E-state index >= 15 is 0 Å². The third kappa shape index (κ3) is 2.45. The normalized spacial score (nSPS) is 29.3. The van der Waals surface area contributed by atoms with Crippen molar-refractivity contribution in [2.75, 3.05) is 7.05 Å². The molecular weight excluding hydrogens is 240 g/mol. The van der Waals surface area contributed by atoms with Gasteiger partial charge in [-0.3, -0.25) is 10.0 Å². The molecule has 0 radical (unpaired) electrons. The van der Waals surface area contributed by atoms with Crippen LogP contribution >= 0.6 is 0 Å². The zero-order valence-electron chi connectivity index (χ0n) is 11.2. The van der Waals surface area contributed by atoms with Crippen molar-refractivity contribution in [2.45, 2.75) is 31.7 Å². The molecule has 2 saturated carbocycles. The first kappa shape index (κ1) is 12.5. The summed E-state index contributed by atoms with van der Waals surface area (Å²) in [5.41, 5.74) is 1.01. The Kier molecular flexibility index (Phi) is 3.19. The highest BCUT2D eigenvalue weighted by molar-refractivity contribution is 5.90. The number of fused-ring (bicyclic) bond motifs is 2. The zero-order valence-corrected chi connectivity index (χ0v) is 11.2. The molecule has 2 fully saturated rings. The van der Waals surface area contributed by atoms with Crippen LogP contribution in [-0.4, -0.2) is 27.8 Å². The van der Waals surface area contributed by atoms with E-state index in [9.17, 15) is 4.79 Å². The Bertz CT molecular complexity index is 504. The number of rotatable bonds is 3. The van der Waals surface area contributed by atoms with E-state index in [0.29, 0.717) is 11.1 Å². The van der Waals surface area contributed by atoms with Gasteiger partial charge in [0.1, 0.15) is 0 Å². The first-order valence-corrected chi connectivity index (χ1v) is 6.95. The van der Waals surface area contributed by atoms with E-state index in [2.05, 4.69) is 17.0 Å². The molecule has 4 heteroatoms. The Morgan fingerprint density at radius 3 is 2.95 bits per heavy atom. The molecule has 3 rings (SSSR count). The molecule has 19 heavy (non-hydrogen) atoms. The SMILES string of the molecule is CN(O)C(=O)C=Cc1ccn(C2CC3CCC2C3)c1. The van der Waals surface area contributed by atoms with Crippen LogP contribution in [0, 0.1) is 11.8 Å². The molecule has 0 aromatic carbocycles. The second-order valence-corrected chi connectivity index (χ2v) is 5.83. The highest BCUT2D eigenvalue weighted by Crippen LogP contribution is 2.50. The molecule has 1 N–H and O–H groups in total. The summed E-state index contributed by atoms with van der Waals surface area (Å²) >= 11 is 0. The first-order valence-electron chi connectivity index (χ1n) is 6.95. The van der Waals surface area contributed by atoms with Crippen molar-refractivity contribution in [3.05, 3.63) is 30.1 Å². The Hall–Kier alpha value is -1.55.